The van der Waals surface area contributed by atoms with Gasteiger partial charge in [-0.3, -0.25) is 14.6 Å². The molecule has 3 aromatic carbocycles. The van der Waals surface area contributed by atoms with Crippen LogP contribution >= 0.6 is 0 Å². The highest BCUT2D eigenvalue weighted by Crippen LogP contribution is 2.41. The van der Waals surface area contributed by atoms with Crippen LogP contribution in [0.15, 0.2) is 48.5 Å². The molecule has 2 heterocycles. The Hall–Kier alpha value is -3.09. The summed E-state index contributed by atoms with van der Waals surface area (Å²) in [6.07, 6.45) is -0.723. The number of carbonyl (C=O) groups excluding carboxylic acids is 1. The number of β-amino-alcohol motifs (C(OH)–C–C–N with tert-alkyl or cyclic N) is 1. The van der Waals surface area contributed by atoms with Crippen molar-refractivity contribution in [3.05, 3.63) is 65.2 Å². The van der Waals surface area contributed by atoms with E-state index in [4.69, 9.17) is 9.47 Å². The third-order valence-electron chi connectivity index (χ3n) is 5.85. The number of carbonyl (C=O) groups is 1. The molecule has 0 saturated heterocycles. The number of hydrogen-bond donors (Lipinski definition) is 1. The molecule has 0 aromatic heterocycles. The summed E-state index contributed by atoms with van der Waals surface area (Å²) < 4.78 is 11.0. The van der Waals surface area contributed by atoms with Crippen molar-refractivity contribution in [2.24, 2.45) is 0 Å². The summed E-state index contributed by atoms with van der Waals surface area (Å²) in [6, 6.07) is 15.5. The minimum absolute atomic E-state index is 0.00491. The maximum absolute atomic E-state index is 13.1. The molecule has 1 atom stereocenters. The molecule has 6 nitrogen and oxygen atoms in total. The third kappa shape index (κ3) is 2.68. The summed E-state index contributed by atoms with van der Waals surface area (Å²) in [6.45, 7) is 1.36. The second-order valence-corrected chi connectivity index (χ2v) is 7.45. The number of aliphatic hydroxyl groups is 1. The molecule has 1 N–H and O–H groups in total. The maximum Gasteiger partial charge on any atom is 0.260 e. The second-order valence-electron chi connectivity index (χ2n) is 7.45. The molecule has 6 heteroatoms. The Kier molecular flexibility index (Phi) is 4.19. The van der Waals surface area contributed by atoms with Gasteiger partial charge in [-0.1, -0.05) is 24.3 Å². The molecule has 1 amide bonds. The average Bonchev–Trinajstić information content (AvgIpc) is 3.01. The number of nitrogens with zero attached hydrogens (tertiary/aromatic N) is 2. The van der Waals surface area contributed by atoms with E-state index in [2.05, 4.69) is 4.90 Å². The van der Waals surface area contributed by atoms with Gasteiger partial charge < -0.3 is 14.6 Å². The first-order valence-electron chi connectivity index (χ1n) is 9.60. The van der Waals surface area contributed by atoms with Crippen LogP contribution < -0.4 is 14.4 Å². The fourth-order valence-corrected chi connectivity index (χ4v) is 4.57. The third-order valence-corrected chi connectivity index (χ3v) is 5.85. The Bertz CT molecular complexity index is 1120. The Balaban J connectivity index is 1.49. The van der Waals surface area contributed by atoms with Gasteiger partial charge in [0.25, 0.3) is 5.91 Å². The fraction of sp³-hybridized carbons (Fsp3) is 0.261. The van der Waals surface area contributed by atoms with E-state index in [1.54, 1.807) is 19.1 Å². The summed E-state index contributed by atoms with van der Waals surface area (Å²) in [5.74, 6) is 1.36. The lowest BCUT2D eigenvalue weighted by molar-refractivity contribution is 0.0811. The van der Waals surface area contributed by atoms with Gasteiger partial charge in [0.1, 0.15) is 11.5 Å². The van der Waals surface area contributed by atoms with Crippen molar-refractivity contribution < 1.29 is 19.4 Å². The van der Waals surface area contributed by atoms with Crippen LogP contribution in [0.5, 0.6) is 11.5 Å². The van der Waals surface area contributed by atoms with Crippen molar-refractivity contribution in [3.8, 4) is 11.5 Å². The zero-order valence-electron chi connectivity index (χ0n) is 16.4. The van der Waals surface area contributed by atoms with E-state index in [1.165, 1.54) is 0 Å². The van der Waals surface area contributed by atoms with Crippen LogP contribution in [-0.4, -0.2) is 43.3 Å². The van der Waals surface area contributed by atoms with Crippen molar-refractivity contribution in [1.29, 1.82) is 0 Å². The largest absolute Gasteiger partial charge is 0.496 e. The standard InChI is InChI=1S/C23H22N2O4/c1-28-19-9-10-20(29-2)22-16(19)11-24(12-18(22)26)13-25-17-8-4-6-14-5-3-7-15(21(14)17)23(25)27/h3-10,18,26H,11-13H2,1-2H3/t18-/m1/s1. The number of ether oxygens (including phenoxy) is 2. The van der Waals surface area contributed by atoms with Crippen LogP contribution in [-0.2, 0) is 6.54 Å². The zero-order valence-corrected chi connectivity index (χ0v) is 16.4. The van der Waals surface area contributed by atoms with Gasteiger partial charge in [-0.25, -0.2) is 0 Å². The Morgan fingerprint density at radius 1 is 1.03 bits per heavy atom. The smallest absolute Gasteiger partial charge is 0.260 e. The molecule has 0 saturated carbocycles. The molecule has 0 spiro atoms. The van der Waals surface area contributed by atoms with E-state index in [-0.39, 0.29) is 5.91 Å². The topological polar surface area (TPSA) is 62.2 Å². The number of rotatable bonds is 4. The van der Waals surface area contributed by atoms with Gasteiger partial charge in [0, 0.05) is 35.2 Å². The number of amides is 1. The lowest BCUT2D eigenvalue weighted by Gasteiger charge is -2.36. The SMILES string of the molecule is COc1ccc(OC)c2c1CN(CN1C(=O)c3cccc4cccc1c34)C[C@H]2O. The van der Waals surface area contributed by atoms with Gasteiger partial charge in [0.05, 0.1) is 32.7 Å². The number of aliphatic hydroxyl groups excluding tert-OH is 1. The normalized spacial score (nSPS) is 18.2. The van der Waals surface area contributed by atoms with Gasteiger partial charge in [0.2, 0.25) is 0 Å². The first-order valence-corrected chi connectivity index (χ1v) is 9.60. The van der Waals surface area contributed by atoms with Crippen LogP contribution in [0.1, 0.15) is 27.6 Å². The van der Waals surface area contributed by atoms with E-state index in [0.29, 0.717) is 31.3 Å². The average molecular weight is 390 g/mol. The summed E-state index contributed by atoms with van der Waals surface area (Å²) >= 11 is 0. The molecule has 0 bridgehead atoms. The highest BCUT2D eigenvalue weighted by atomic mass is 16.5. The Morgan fingerprint density at radius 3 is 2.52 bits per heavy atom. The van der Waals surface area contributed by atoms with E-state index in [0.717, 1.165) is 33.2 Å². The van der Waals surface area contributed by atoms with E-state index in [1.807, 2.05) is 48.5 Å². The van der Waals surface area contributed by atoms with Crippen molar-refractivity contribution in [3.63, 3.8) is 0 Å². The monoisotopic (exact) mass is 390 g/mol. The summed E-state index contributed by atoms with van der Waals surface area (Å²) in [5.41, 5.74) is 3.31. The summed E-state index contributed by atoms with van der Waals surface area (Å²) in [4.78, 5) is 17.0. The van der Waals surface area contributed by atoms with Crippen LogP contribution in [0, 0.1) is 0 Å². The van der Waals surface area contributed by atoms with Gasteiger partial charge in [-0.05, 0) is 29.7 Å². The first-order chi connectivity index (χ1) is 14.1. The van der Waals surface area contributed by atoms with Gasteiger partial charge >= 0.3 is 0 Å². The molecule has 29 heavy (non-hydrogen) atoms. The molecule has 2 aliphatic heterocycles. The van der Waals surface area contributed by atoms with Crippen LogP contribution in [0.25, 0.3) is 10.8 Å². The zero-order chi connectivity index (χ0) is 20.1. The highest BCUT2D eigenvalue weighted by molar-refractivity contribution is 6.24. The number of benzene rings is 3. The number of methoxy groups -OCH3 is 2. The molecular formula is C23H22N2O4. The molecular weight excluding hydrogens is 368 g/mol. The molecule has 0 unspecified atom stereocenters. The quantitative estimate of drug-likeness (QED) is 0.741. The van der Waals surface area contributed by atoms with E-state index >= 15 is 0 Å². The van der Waals surface area contributed by atoms with Gasteiger partial charge in [-0.15, -0.1) is 0 Å². The highest BCUT2D eigenvalue weighted by Gasteiger charge is 2.34. The lowest BCUT2D eigenvalue weighted by Crippen LogP contribution is -2.43. The maximum atomic E-state index is 13.1. The van der Waals surface area contributed by atoms with Crippen molar-refractivity contribution in [2.75, 3.05) is 32.3 Å². The lowest BCUT2D eigenvalue weighted by atomic mass is 9.95. The van der Waals surface area contributed by atoms with Crippen molar-refractivity contribution in [2.45, 2.75) is 12.6 Å². The number of hydrogen-bond acceptors (Lipinski definition) is 5. The van der Waals surface area contributed by atoms with E-state index in [9.17, 15) is 9.90 Å². The fourth-order valence-electron chi connectivity index (χ4n) is 4.57. The molecule has 5 rings (SSSR count). The van der Waals surface area contributed by atoms with Gasteiger partial charge in [0.15, 0.2) is 0 Å². The van der Waals surface area contributed by atoms with Crippen molar-refractivity contribution in [1.82, 2.24) is 4.90 Å². The second kappa shape index (κ2) is 6.76. The van der Waals surface area contributed by atoms with E-state index < -0.39 is 6.10 Å². The Morgan fingerprint density at radius 2 is 1.76 bits per heavy atom. The molecule has 0 radical (unpaired) electrons. The minimum atomic E-state index is -0.723. The molecule has 0 aliphatic carbocycles. The summed E-state index contributed by atoms with van der Waals surface area (Å²) in [5, 5.41) is 12.9. The summed E-state index contributed by atoms with van der Waals surface area (Å²) in [7, 11) is 3.22. The molecule has 3 aromatic rings. The first kappa shape index (κ1) is 18.0. The molecule has 0 fully saturated rings. The number of fused-ring (bicyclic) bond motifs is 1. The number of anilines is 1. The van der Waals surface area contributed by atoms with Gasteiger partial charge in [-0.2, -0.15) is 0 Å². The molecule has 2 aliphatic rings. The predicted molar refractivity (Wildman–Crippen MR) is 111 cm³/mol. The van der Waals surface area contributed by atoms with Crippen LogP contribution in [0.2, 0.25) is 0 Å². The van der Waals surface area contributed by atoms with Crippen LogP contribution in [0.4, 0.5) is 5.69 Å². The Labute approximate surface area is 168 Å². The van der Waals surface area contributed by atoms with Crippen LogP contribution in [0.3, 0.4) is 0 Å². The predicted octanol–water partition coefficient (Wildman–Crippen LogP) is 3.32. The minimum Gasteiger partial charge on any atom is -0.496 e. The van der Waals surface area contributed by atoms with Crippen molar-refractivity contribution >= 4 is 22.4 Å². The molecule has 148 valence electrons.